The summed E-state index contributed by atoms with van der Waals surface area (Å²) < 4.78 is 0. The monoisotopic (exact) mass is 251 g/mol. The molecule has 0 spiro atoms. The third-order valence-electron chi connectivity index (χ3n) is 3.27. The highest BCUT2D eigenvalue weighted by molar-refractivity contribution is 5.92. The number of rotatable bonds is 3. The van der Waals surface area contributed by atoms with Gasteiger partial charge in [-0.3, -0.25) is 4.99 Å². The first kappa shape index (κ1) is 11.9. The van der Waals surface area contributed by atoms with Crippen molar-refractivity contribution in [3.63, 3.8) is 0 Å². The van der Waals surface area contributed by atoms with Gasteiger partial charge in [-0.05, 0) is 11.1 Å². The van der Waals surface area contributed by atoms with Crippen LogP contribution in [-0.4, -0.2) is 18.9 Å². The van der Waals surface area contributed by atoms with Gasteiger partial charge in [0.2, 0.25) is 0 Å². The van der Waals surface area contributed by atoms with E-state index in [-0.39, 0.29) is 5.92 Å². The maximum Gasteiger partial charge on any atom is 0.123 e. The fourth-order valence-electron chi connectivity index (χ4n) is 2.39. The van der Waals surface area contributed by atoms with Crippen molar-refractivity contribution in [3.8, 4) is 0 Å². The minimum absolute atomic E-state index is 0.162. The van der Waals surface area contributed by atoms with Crippen LogP contribution in [0.1, 0.15) is 17.0 Å². The van der Waals surface area contributed by atoms with Gasteiger partial charge < -0.3 is 5.43 Å². The molecule has 19 heavy (non-hydrogen) atoms. The van der Waals surface area contributed by atoms with Crippen molar-refractivity contribution >= 4 is 5.84 Å². The lowest BCUT2D eigenvalue weighted by Crippen LogP contribution is -2.45. The highest BCUT2D eigenvalue weighted by atomic mass is 15.4. The minimum atomic E-state index is 0.162. The summed E-state index contributed by atoms with van der Waals surface area (Å²) in [6.45, 7) is 1.69. The van der Waals surface area contributed by atoms with Crippen molar-refractivity contribution in [1.82, 2.24) is 10.9 Å². The van der Waals surface area contributed by atoms with Gasteiger partial charge in [0.25, 0.3) is 0 Å². The summed E-state index contributed by atoms with van der Waals surface area (Å²) in [6, 6.07) is 21.0. The molecule has 2 N–H and O–H groups in total. The van der Waals surface area contributed by atoms with E-state index in [0.29, 0.717) is 0 Å². The third kappa shape index (κ3) is 2.66. The second-order valence-corrected chi connectivity index (χ2v) is 4.57. The molecule has 3 rings (SSSR count). The van der Waals surface area contributed by atoms with Gasteiger partial charge in [0.1, 0.15) is 5.84 Å². The molecule has 3 heteroatoms. The van der Waals surface area contributed by atoms with Crippen LogP contribution in [0.2, 0.25) is 0 Å². The molecule has 2 aromatic carbocycles. The van der Waals surface area contributed by atoms with Crippen molar-refractivity contribution in [1.29, 1.82) is 0 Å². The summed E-state index contributed by atoms with van der Waals surface area (Å²) in [5.74, 6) is 1.15. The summed E-state index contributed by atoms with van der Waals surface area (Å²) in [6.07, 6.45) is 0. The SMILES string of the molecule is c1ccc(C(C2=NCCNN2)c2ccccc2)cc1. The number of hydrogen-bond donors (Lipinski definition) is 2. The second-order valence-electron chi connectivity index (χ2n) is 4.57. The first-order chi connectivity index (χ1) is 9.45. The van der Waals surface area contributed by atoms with Crippen LogP contribution in [0.4, 0.5) is 0 Å². The molecular weight excluding hydrogens is 234 g/mol. The molecule has 1 aliphatic rings. The Hall–Kier alpha value is -2.13. The zero-order valence-electron chi connectivity index (χ0n) is 10.7. The van der Waals surface area contributed by atoms with Gasteiger partial charge in [-0.15, -0.1) is 0 Å². The van der Waals surface area contributed by atoms with Gasteiger partial charge in [0.05, 0.1) is 12.5 Å². The maximum atomic E-state index is 4.63. The van der Waals surface area contributed by atoms with Crippen LogP contribution in [0.25, 0.3) is 0 Å². The van der Waals surface area contributed by atoms with Crippen molar-refractivity contribution < 1.29 is 0 Å². The molecular formula is C16H17N3. The third-order valence-corrected chi connectivity index (χ3v) is 3.27. The Bertz CT molecular complexity index is 509. The standard InChI is InChI=1S/C16H17N3/c1-3-7-13(8-4-1)15(14-9-5-2-6-10-14)16-17-11-12-18-19-16/h1-10,15,18H,11-12H2,(H,17,19). The van der Waals surface area contributed by atoms with Crippen LogP contribution in [0.3, 0.4) is 0 Å². The summed E-state index contributed by atoms with van der Waals surface area (Å²) in [5, 5.41) is 0. The number of nitrogens with one attached hydrogen (secondary N) is 2. The van der Waals surface area contributed by atoms with E-state index in [2.05, 4.69) is 64.4 Å². The highest BCUT2D eigenvalue weighted by Crippen LogP contribution is 2.25. The lowest BCUT2D eigenvalue weighted by Gasteiger charge is -2.24. The number of aliphatic imine (C=N–C) groups is 1. The minimum Gasteiger partial charge on any atom is -0.309 e. The molecule has 1 aliphatic heterocycles. The number of hydrogen-bond acceptors (Lipinski definition) is 3. The molecule has 0 radical (unpaired) electrons. The lowest BCUT2D eigenvalue weighted by molar-refractivity contribution is 0.612. The fraction of sp³-hybridized carbons (Fsp3) is 0.188. The van der Waals surface area contributed by atoms with Crippen LogP contribution < -0.4 is 10.9 Å². The Balaban J connectivity index is 2.03. The van der Waals surface area contributed by atoms with Crippen LogP contribution in [0, 0.1) is 0 Å². The van der Waals surface area contributed by atoms with Crippen molar-refractivity contribution in [2.75, 3.05) is 13.1 Å². The van der Waals surface area contributed by atoms with Crippen LogP contribution >= 0.6 is 0 Å². The average Bonchev–Trinajstić information content (AvgIpc) is 2.51. The second kappa shape index (κ2) is 5.67. The van der Waals surface area contributed by atoms with Crippen LogP contribution in [0.5, 0.6) is 0 Å². The maximum absolute atomic E-state index is 4.63. The van der Waals surface area contributed by atoms with Gasteiger partial charge in [-0.25, -0.2) is 5.43 Å². The molecule has 0 atom stereocenters. The quantitative estimate of drug-likeness (QED) is 0.878. The van der Waals surface area contributed by atoms with E-state index in [9.17, 15) is 0 Å². The van der Waals surface area contributed by atoms with Crippen LogP contribution in [0.15, 0.2) is 65.7 Å². The Morgan fingerprint density at radius 3 is 1.89 bits per heavy atom. The number of hydrazine groups is 1. The number of amidine groups is 1. The molecule has 2 aromatic rings. The normalized spacial score (nSPS) is 14.9. The molecule has 96 valence electrons. The molecule has 0 saturated carbocycles. The van der Waals surface area contributed by atoms with E-state index >= 15 is 0 Å². The first-order valence-corrected chi connectivity index (χ1v) is 6.58. The molecule has 0 unspecified atom stereocenters. The first-order valence-electron chi connectivity index (χ1n) is 6.58. The lowest BCUT2D eigenvalue weighted by atomic mass is 9.90. The molecule has 0 amide bonds. The van der Waals surface area contributed by atoms with Crippen molar-refractivity contribution in [2.24, 2.45) is 4.99 Å². The largest absolute Gasteiger partial charge is 0.309 e. The zero-order chi connectivity index (χ0) is 12.9. The Kier molecular flexibility index (Phi) is 3.56. The summed E-state index contributed by atoms with van der Waals surface area (Å²) in [5.41, 5.74) is 8.90. The predicted octanol–water partition coefficient (Wildman–Crippen LogP) is 2.32. The summed E-state index contributed by atoms with van der Waals surface area (Å²) in [4.78, 5) is 4.63. The summed E-state index contributed by atoms with van der Waals surface area (Å²) >= 11 is 0. The molecule has 0 aromatic heterocycles. The van der Waals surface area contributed by atoms with Crippen molar-refractivity contribution in [3.05, 3.63) is 71.8 Å². The van der Waals surface area contributed by atoms with E-state index in [1.165, 1.54) is 11.1 Å². The molecule has 3 nitrogen and oxygen atoms in total. The van der Waals surface area contributed by atoms with Gasteiger partial charge in [-0.1, -0.05) is 60.7 Å². The summed E-state index contributed by atoms with van der Waals surface area (Å²) in [7, 11) is 0. The highest BCUT2D eigenvalue weighted by Gasteiger charge is 2.21. The molecule has 0 aliphatic carbocycles. The van der Waals surface area contributed by atoms with E-state index in [4.69, 9.17) is 0 Å². The van der Waals surface area contributed by atoms with Crippen LogP contribution in [-0.2, 0) is 0 Å². The van der Waals surface area contributed by atoms with Gasteiger partial charge >= 0.3 is 0 Å². The van der Waals surface area contributed by atoms with Gasteiger partial charge in [0.15, 0.2) is 0 Å². The fourth-order valence-corrected chi connectivity index (χ4v) is 2.39. The van der Waals surface area contributed by atoms with E-state index in [0.717, 1.165) is 18.9 Å². The molecule has 0 saturated heterocycles. The van der Waals surface area contributed by atoms with E-state index in [1.54, 1.807) is 0 Å². The Morgan fingerprint density at radius 1 is 0.842 bits per heavy atom. The van der Waals surface area contributed by atoms with E-state index in [1.807, 2.05) is 12.1 Å². The van der Waals surface area contributed by atoms with E-state index < -0.39 is 0 Å². The van der Waals surface area contributed by atoms with Gasteiger partial charge in [0, 0.05) is 6.54 Å². The smallest absolute Gasteiger partial charge is 0.123 e. The zero-order valence-corrected chi connectivity index (χ0v) is 10.7. The Morgan fingerprint density at radius 2 is 1.42 bits per heavy atom. The average molecular weight is 251 g/mol. The molecule has 1 heterocycles. The number of nitrogens with zero attached hydrogens (tertiary/aromatic N) is 1. The molecule has 0 bridgehead atoms. The van der Waals surface area contributed by atoms with Crippen molar-refractivity contribution in [2.45, 2.75) is 5.92 Å². The number of benzene rings is 2. The predicted molar refractivity (Wildman–Crippen MR) is 78.2 cm³/mol. The van der Waals surface area contributed by atoms with Gasteiger partial charge in [-0.2, -0.15) is 0 Å². The Labute approximate surface area is 113 Å². The molecule has 0 fully saturated rings. The topological polar surface area (TPSA) is 36.4 Å².